The molecule has 0 unspecified atom stereocenters. The summed E-state index contributed by atoms with van der Waals surface area (Å²) >= 11 is 0. The van der Waals surface area contributed by atoms with Crippen LogP contribution < -0.4 is 0 Å². The molecule has 0 atom stereocenters. The van der Waals surface area contributed by atoms with Crippen LogP contribution in [0, 0.1) is 5.41 Å². The number of carbonyl (C=O) groups excluding carboxylic acids is 2. The van der Waals surface area contributed by atoms with Gasteiger partial charge < -0.3 is 14.5 Å². The summed E-state index contributed by atoms with van der Waals surface area (Å²) in [7, 11) is 0. The molecule has 2 amide bonds. The number of hydrogen-bond acceptors (Lipinski definition) is 3. The number of hydrogen-bond donors (Lipinski definition) is 0. The SMILES string of the molecule is CCCOCC(=O)N1CCC2(CC1)CC(=O)N(CC=Cc1ccccc1)C2. The van der Waals surface area contributed by atoms with E-state index in [0.717, 1.165) is 44.5 Å². The van der Waals surface area contributed by atoms with Crippen molar-refractivity contribution in [3.8, 4) is 0 Å². The zero-order chi connectivity index (χ0) is 19.1. The predicted molar refractivity (Wildman–Crippen MR) is 106 cm³/mol. The Labute approximate surface area is 162 Å². The van der Waals surface area contributed by atoms with Crippen LogP contribution in [0.2, 0.25) is 0 Å². The van der Waals surface area contributed by atoms with E-state index in [4.69, 9.17) is 4.74 Å². The molecule has 5 heteroatoms. The third kappa shape index (κ3) is 5.19. The second-order valence-electron chi connectivity index (χ2n) is 7.70. The minimum atomic E-state index is 0.0404. The number of ether oxygens (including phenoxy) is 1. The molecule has 2 fully saturated rings. The molecule has 27 heavy (non-hydrogen) atoms. The first-order chi connectivity index (χ1) is 13.1. The molecule has 0 bridgehead atoms. The summed E-state index contributed by atoms with van der Waals surface area (Å²) in [5.74, 6) is 0.309. The molecule has 2 saturated heterocycles. The van der Waals surface area contributed by atoms with E-state index in [0.29, 0.717) is 19.6 Å². The van der Waals surface area contributed by atoms with Crippen LogP contribution in [-0.4, -0.2) is 61.0 Å². The van der Waals surface area contributed by atoms with Gasteiger partial charge in [-0.1, -0.05) is 49.4 Å². The van der Waals surface area contributed by atoms with Crippen molar-refractivity contribution < 1.29 is 14.3 Å². The summed E-state index contributed by atoms with van der Waals surface area (Å²) in [6.45, 7) is 5.76. The number of rotatable bonds is 7. The Balaban J connectivity index is 1.47. The van der Waals surface area contributed by atoms with Gasteiger partial charge in [-0.15, -0.1) is 0 Å². The van der Waals surface area contributed by atoms with Crippen molar-refractivity contribution in [2.24, 2.45) is 5.41 Å². The number of carbonyl (C=O) groups is 2. The first kappa shape index (κ1) is 19.6. The van der Waals surface area contributed by atoms with Gasteiger partial charge in [-0.25, -0.2) is 0 Å². The summed E-state index contributed by atoms with van der Waals surface area (Å²) in [6.07, 6.45) is 7.47. The molecule has 0 aromatic heterocycles. The van der Waals surface area contributed by atoms with Crippen LogP contribution in [-0.2, 0) is 14.3 Å². The topological polar surface area (TPSA) is 49.9 Å². The summed E-state index contributed by atoms with van der Waals surface area (Å²) in [4.78, 5) is 28.5. The average molecular weight is 370 g/mol. The van der Waals surface area contributed by atoms with E-state index in [-0.39, 0.29) is 23.8 Å². The van der Waals surface area contributed by atoms with Gasteiger partial charge in [0.25, 0.3) is 0 Å². The maximum absolute atomic E-state index is 12.5. The Morgan fingerprint density at radius 2 is 1.96 bits per heavy atom. The standard InChI is InChI=1S/C22H30N2O3/c1-2-15-27-17-21(26)23-13-10-22(11-14-23)16-20(25)24(18-22)12-6-9-19-7-4-3-5-8-19/h3-9H,2,10-18H2,1H3. The van der Waals surface area contributed by atoms with Gasteiger partial charge in [-0.05, 0) is 24.8 Å². The summed E-state index contributed by atoms with van der Waals surface area (Å²) in [6, 6.07) is 10.1. The van der Waals surface area contributed by atoms with Gasteiger partial charge in [0.15, 0.2) is 0 Å². The molecule has 0 radical (unpaired) electrons. The maximum Gasteiger partial charge on any atom is 0.248 e. The Morgan fingerprint density at radius 1 is 1.22 bits per heavy atom. The number of benzene rings is 1. The van der Waals surface area contributed by atoms with Crippen molar-refractivity contribution >= 4 is 17.9 Å². The molecule has 2 heterocycles. The van der Waals surface area contributed by atoms with E-state index in [9.17, 15) is 9.59 Å². The highest BCUT2D eigenvalue weighted by Crippen LogP contribution is 2.41. The molecule has 146 valence electrons. The van der Waals surface area contributed by atoms with Gasteiger partial charge in [0.2, 0.25) is 11.8 Å². The van der Waals surface area contributed by atoms with Crippen LogP contribution in [0.15, 0.2) is 36.4 Å². The number of piperidine rings is 1. The molecule has 5 nitrogen and oxygen atoms in total. The monoisotopic (exact) mass is 370 g/mol. The number of amides is 2. The fourth-order valence-electron chi connectivity index (χ4n) is 3.99. The van der Waals surface area contributed by atoms with E-state index in [1.807, 2.05) is 34.9 Å². The van der Waals surface area contributed by atoms with Gasteiger partial charge in [0, 0.05) is 44.6 Å². The predicted octanol–water partition coefficient (Wildman–Crippen LogP) is 2.97. The number of nitrogens with zero attached hydrogens (tertiary/aromatic N) is 2. The first-order valence-corrected chi connectivity index (χ1v) is 9.97. The van der Waals surface area contributed by atoms with Gasteiger partial charge in [0.1, 0.15) is 6.61 Å². The second kappa shape index (κ2) is 9.18. The fourth-order valence-corrected chi connectivity index (χ4v) is 3.99. The highest BCUT2D eigenvalue weighted by molar-refractivity contribution is 5.80. The molecule has 1 aromatic rings. The largest absolute Gasteiger partial charge is 0.372 e. The molecule has 0 N–H and O–H groups in total. The Hall–Kier alpha value is -2.14. The van der Waals surface area contributed by atoms with Crippen LogP contribution in [0.1, 0.15) is 38.2 Å². The smallest absolute Gasteiger partial charge is 0.248 e. The molecule has 1 aromatic carbocycles. The zero-order valence-electron chi connectivity index (χ0n) is 16.2. The van der Waals surface area contributed by atoms with Crippen molar-refractivity contribution in [2.75, 3.05) is 39.4 Å². The van der Waals surface area contributed by atoms with Crippen LogP contribution in [0.25, 0.3) is 6.08 Å². The highest BCUT2D eigenvalue weighted by atomic mass is 16.5. The van der Waals surface area contributed by atoms with E-state index in [2.05, 4.69) is 24.3 Å². The minimum absolute atomic E-state index is 0.0404. The van der Waals surface area contributed by atoms with Crippen molar-refractivity contribution in [1.82, 2.24) is 9.80 Å². The molecule has 0 aliphatic carbocycles. The zero-order valence-corrected chi connectivity index (χ0v) is 16.2. The Bertz CT molecular complexity index is 663. The molecular weight excluding hydrogens is 340 g/mol. The van der Waals surface area contributed by atoms with Gasteiger partial charge >= 0.3 is 0 Å². The molecule has 0 saturated carbocycles. The lowest BCUT2D eigenvalue weighted by molar-refractivity contribution is -0.138. The lowest BCUT2D eigenvalue weighted by atomic mass is 9.77. The van der Waals surface area contributed by atoms with Crippen LogP contribution in [0.5, 0.6) is 0 Å². The number of likely N-dealkylation sites (tertiary alicyclic amines) is 2. The average Bonchev–Trinajstić information content (AvgIpc) is 2.98. The van der Waals surface area contributed by atoms with Crippen LogP contribution in [0.4, 0.5) is 0 Å². The second-order valence-corrected chi connectivity index (χ2v) is 7.70. The van der Waals surface area contributed by atoms with Crippen LogP contribution >= 0.6 is 0 Å². The molecule has 2 aliphatic heterocycles. The quantitative estimate of drug-likeness (QED) is 0.694. The van der Waals surface area contributed by atoms with Crippen molar-refractivity contribution in [2.45, 2.75) is 32.6 Å². The minimum Gasteiger partial charge on any atom is -0.372 e. The molecule has 2 aliphatic rings. The van der Waals surface area contributed by atoms with Crippen molar-refractivity contribution in [1.29, 1.82) is 0 Å². The summed E-state index contributed by atoms with van der Waals surface area (Å²) in [5, 5.41) is 0. The first-order valence-electron chi connectivity index (χ1n) is 9.97. The summed E-state index contributed by atoms with van der Waals surface area (Å²) < 4.78 is 5.37. The van der Waals surface area contributed by atoms with E-state index in [1.54, 1.807) is 0 Å². The van der Waals surface area contributed by atoms with Crippen molar-refractivity contribution in [3.05, 3.63) is 42.0 Å². The van der Waals surface area contributed by atoms with E-state index >= 15 is 0 Å². The molecular formula is C22H30N2O3. The van der Waals surface area contributed by atoms with Gasteiger partial charge in [-0.3, -0.25) is 9.59 Å². The third-order valence-corrected chi connectivity index (χ3v) is 5.59. The fraction of sp³-hybridized carbons (Fsp3) is 0.545. The van der Waals surface area contributed by atoms with Crippen LogP contribution in [0.3, 0.4) is 0 Å². The lowest BCUT2D eigenvalue weighted by Crippen LogP contribution is -2.45. The van der Waals surface area contributed by atoms with Gasteiger partial charge in [0.05, 0.1) is 0 Å². The van der Waals surface area contributed by atoms with E-state index < -0.39 is 0 Å². The van der Waals surface area contributed by atoms with E-state index in [1.165, 1.54) is 0 Å². The highest BCUT2D eigenvalue weighted by Gasteiger charge is 2.44. The maximum atomic E-state index is 12.5. The Morgan fingerprint density at radius 3 is 2.67 bits per heavy atom. The lowest BCUT2D eigenvalue weighted by Gasteiger charge is -2.38. The normalized spacial score (nSPS) is 19.4. The molecule has 1 spiro atoms. The van der Waals surface area contributed by atoms with Crippen molar-refractivity contribution in [3.63, 3.8) is 0 Å². The van der Waals surface area contributed by atoms with Gasteiger partial charge in [-0.2, -0.15) is 0 Å². The molecule has 3 rings (SSSR count). The summed E-state index contributed by atoms with van der Waals surface area (Å²) in [5.41, 5.74) is 1.19. The Kier molecular flexibility index (Phi) is 6.67. The third-order valence-electron chi connectivity index (χ3n) is 5.59.